The molecule has 5 nitrogen and oxygen atoms in total. The van der Waals surface area contributed by atoms with Gasteiger partial charge >= 0.3 is 0 Å². The first-order valence-corrected chi connectivity index (χ1v) is 4.90. The number of nitrogens with one attached hydrogen (secondary N) is 3. The summed E-state index contributed by atoms with van der Waals surface area (Å²) in [5.41, 5.74) is 0. The van der Waals surface area contributed by atoms with Crippen LogP contribution in [-0.4, -0.2) is 49.9 Å². The molecule has 1 aliphatic heterocycles. The molecule has 1 atom stereocenters. The van der Waals surface area contributed by atoms with E-state index < -0.39 is 0 Å². The standard InChI is InChI=1S/C8H13N3O.C2H7N/c1-3-7(9)11-6(2)4-10-5-8(11)12;1-3-2/h3,6,9-10H,1,4-5H2,2H3;3H,1-2H3. The summed E-state index contributed by atoms with van der Waals surface area (Å²) < 4.78 is 0. The number of piperazine rings is 1. The third-order valence-corrected chi connectivity index (χ3v) is 1.88. The molecule has 1 fully saturated rings. The third-order valence-electron chi connectivity index (χ3n) is 1.88. The summed E-state index contributed by atoms with van der Waals surface area (Å²) in [4.78, 5) is 12.7. The summed E-state index contributed by atoms with van der Waals surface area (Å²) >= 11 is 0. The number of amides is 1. The van der Waals surface area contributed by atoms with Gasteiger partial charge in [-0.25, -0.2) is 0 Å². The largest absolute Gasteiger partial charge is 0.323 e. The van der Waals surface area contributed by atoms with E-state index in [-0.39, 0.29) is 17.8 Å². The van der Waals surface area contributed by atoms with E-state index in [4.69, 9.17) is 5.41 Å². The van der Waals surface area contributed by atoms with Gasteiger partial charge in [0.25, 0.3) is 0 Å². The molecule has 3 N–H and O–H groups in total. The summed E-state index contributed by atoms with van der Waals surface area (Å²) in [5.74, 6) is 0.132. The molecule has 1 amide bonds. The van der Waals surface area contributed by atoms with E-state index in [0.717, 1.165) is 6.54 Å². The lowest BCUT2D eigenvalue weighted by Crippen LogP contribution is -2.55. The van der Waals surface area contributed by atoms with Crippen LogP contribution in [0.2, 0.25) is 0 Å². The minimum atomic E-state index is -0.0568. The molecule has 1 rings (SSSR count). The fourth-order valence-corrected chi connectivity index (χ4v) is 1.28. The number of rotatable bonds is 1. The second-order valence-electron chi connectivity index (χ2n) is 3.33. The lowest BCUT2D eigenvalue weighted by Gasteiger charge is -2.32. The minimum absolute atomic E-state index is 0.0525. The third kappa shape index (κ3) is 4.22. The van der Waals surface area contributed by atoms with E-state index in [1.165, 1.54) is 11.0 Å². The Morgan fingerprint density at radius 1 is 1.73 bits per heavy atom. The Bertz CT molecular complexity index is 240. The molecule has 0 aromatic rings. The van der Waals surface area contributed by atoms with Crippen molar-refractivity contribution in [3.8, 4) is 0 Å². The molecule has 0 radical (unpaired) electrons. The zero-order chi connectivity index (χ0) is 11.8. The second kappa shape index (κ2) is 7.14. The summed E-state index contributed by atoms with van der Waals surface area (Å²) in [7, 11) is 3.75. The highest BCUT2D eigenvalue weighted by Gasteiger charge is 2.26. The Morgan fingerprint density at radius 3 is 2.67 bits per heavy atom. The van der Waals surface area contributed by atoms with Crippen molar-refractivity contribution in [3.63, 3.8) is 0 Å². The van der Waals surface area contributed by atoms with Crippen molar-refractivity contribution >= 4 is 11.7 Å². The van der Waals surface area contributed by atoms with Crippen molar-refractivity contribution in [1.82, 2.24) is 15.5 Å². The predicted octanol–water partition coefficient (Wildman–Crippen LogP) is -0.194. The first-order valence-electron chi connectivity index (χ1n) is 4.90. The van der Waals surface area contributed by atoms with Crippen LogP contribution in [0.5, 0.6) is 0 Å². The molecule has 1 aliphatic rings. The number of amidine groups is 1. The van der Waals surface area contributed by atoms with Crippen molar-refractivity contribution in [2.24, 2.45) is 0 Å². The van der Waals surface area contributed by atoms with Gasteiger partial charge < -0.3 is 10.6 Å². The topological polar surface area (TPSA) is 68.2 Å². The van der Waals surface area contributed by atoms with Gasteiger partial charge in [0.1, 0.15) is 5.84 Å². The van der Waals surface area contributed by atoms with Crippen LogP contribution >= 0.6 is 0 Å². The van der Waals surface area contributed by atoms with Gasteiger partial charge in [-0.2, -0.15) is 0 Å². The molecule has 15 heavy (non-hydrogen) atoms. The fraction of sp³-hybridized carbons (Fsp3) is 0.600. The molecule has 0 aromatic carbocycles. The first-order chi connectivity index (χ1) is 7.08. The van der Waals surface area contributed by atoms with Crippen LogP contribution in [0, 0.1) is 5.41 Å². The molecular formula is C10H20N4O. The Morgan fingerprint density at radius 2 is 2.27 bits per heavy atom. The highest BCUT2D eigenvalue weighted by molar-refractivity contribution is 6.03. The Hall–Kier alpha value is -1.20. The van der Waals surface area contributed by atoms with Gasteiger partial charge in [0, 0.05) is 12.6 Å². The van der Waals surface area contributed by atoms with Gasteiger partial charge in [0.2, 0.25) is 5.91 Å². The molecule has 1 unspecified atom stereocenters. The average Bonchev–Trinajstić information content (AvgIpc) is 2.18. The maximum absolute atomic E-state index is 11.3. The summed E-state index contributed by atoms with van der Waals surface area (Å²) in [6, 6.07) is 0.0525. The summed E-state index contributed by atoms with van der Waals surface area (Å²) in [6.45, 7) is 6.43. The van der Waals surface area contributed by atoms with Crippen LogP contribution < -0.4 is 10.6 Å². The molecule has 1 saturated heterocycles. The number of carbonyl (C=O) groups excluding carboxylic acids is 1. The molecular weight excluding hydrogens is 192 g/mol. The normalized spacial score (nSPS) is 20.3. The van der Waals surface area contributed by atoms with Crippen LogP contribution in [0.1, 0.15) is 6.92 Å². The zero-order valence-corrected chi connectivity index (χ0v) is 9.63. The summed E-state index contributed by atoms with van der Waals surface area (Å²) in [5, 5.41) is 13.2. The van der Waals surface area contributed by atoms with E-state index in [2.05, 4.69) is 17.2 Å². The number of carbonyl (C=O) groups is 1. The molecule has 1 heterocycles. The number of hydrogen-bond donors (Lipinski definition) is 3. The van der Waals surface area contributed by atoms with Crippen molar-refractivity contribution in [3.05, 3.63) is 12.7 Å². The highest BCUT2D eigenvalue weighted by atomic mass is 16.2. The number of hydrogen-bond acceptors (Lipinski definition) is 4. The van der Waals surface area contributed by atoms with Gasteiger partial charge in [0.05, 0.1) is 6.54 Å². The van der Waals surface area contributed by atoms with Gasteiger partial charge in [-0.3, -0.25) is 15.1 Å². The van der Waals surface area contributed by atoms with Gasteiger partial charge in [-0.15, -0.1) is 0 Å². The Balaban J connectivity index is 0.000000583. The van der Waals surface area contributed by atoms with Crippen LogP contribution in [0.4, 0.5) is 0 Å². The van der Waals surface area contributed by atoms with Crippen LogP contribution in [-0.2, 0) is 4.79 Å². The lowest BCUT2D eigenvalue weighted by atomic mass is 10.2. The molecule has 0 bridgehead atoms. The van der Waals surface area contributed by atoms with E-state index in [1.54, 1.807) is 0 Å². The monoisotopic (exact) mass is 212 g/mol. The quantitative estimate of drug-likeness (QED) is 0.417. The predicted molar refractivity (Wildman–Crippen MR) is 62.1 cm³/mol. The molecule has 0 spiro atoms. The van der Waals surface area contributed by atoms with Crippen LogP contribution in [0.25, 0.3) is 0 Å². The Kier molecular flexibility index (Phi) is 6.57. The van der Waals surface area contributed by atoms with Crippen LogP contribution in [0.15, 0.2) is 12.7 Å². The van der Waals surface area contributed by atoms with Crippen molar-refractivity contribution in [1.29, 1.82) is 5.41 Å². The highest BCUT2D eigenvalue weighted by Crippen LogP contribution is 2.04. The SMILES string of the molecule is C=CC(=N)N1C(=O)CNCC1C.CNC. The molecule has 0 aliphatic carbocycles. The van der Waals surface area contributed by atoms with Gasteiger partial charge in [-0.05, 0) is 27.1 Å². The first kappa shape index (κ1) is 13.8. The molecule has 86 valence electrons. The fourth-order valence-electron chi connectivity index (χ4n) is 1.28. The van der Waals surface area contributed by atoms with Gasteiger partial charge in [0.15, 0.2) is 0 Å². The summed E-state index contributed by atoms with van der Waals surface area (Å²) in [6.07, 6.45) is 1.39. The smallest absolute Gasteiger partial charge is 0.242 e. The van der Waals surface area contributed by atoms with Crippen molar-refractivity contribution in [2.75, 3.05) is 27.2 Å². The lowest BCUT2D eigenvalue weighted by molar-refractivity contribution is -0.129. The average molecular weight is 212 g/mol. The molecule has 0 saturated carbocycles. The number of nitrogens with zero attached hydrogens (tertiary/aromatic N) is 1. The zero-order valence-electron chi connectivity index (χ0n) is 9.63. The molecule has 5 heteroatoms. The maximum Gasteiger partial charge on any atom is 0.242 e. The van der Waals surface area contributed by atoms with E-state index in [1.807, 2.05) is 21.0 Å². The minimum Gasteiger partial charge on any atom is -0.323 e. The van der Waals surface area contributed by atoms with E-state index in [0.29, 0.717) is 6.54 Å². The van der Waals surface area contributed by atoms with E-state index >= 15 is 0 Å². The van der Waals surface area contributed by atoms with Crippen LogP contribution in [0.3, 0.4) is 0 Å². The van der Waals surface area contributed by atoms with Gasteiger partial charge in [-0.1, -0.05) is 6.58 Å². The van der Waals surface area contributed by atoms with Crippen molar-refractivity contribution in [2.45, 2.75) is 13.0 Å². The second-order valence-corrected chi connectivity index (χ2v) is 3.33. The molecule has 0 aromatic heterocycles. The van der Waals surface area contributed by atoms with Crippen molar-refractivity contribution < 1.29 is 4.79 Å². The van der Waals surface area contributed by atoms with E-state index in [9.17, 15) is 4.79 Å². The Labute approximate surface area is 91.0 Å². The maximum atomic E-state index is 11.3.